The summed E-state index contributed by atoms with van der Waals surface area (Å²) in [5.74, 6) is 0.269. The van der Waals surface area contributed by atoms with Crippen molar-refractivity contribution in [2.24, 2.45) is 16.3 Å². The molecule has 0 bridgehead atoms. The van der Waals surface area contributed by atoms with Crippen molar-refractivity contribution < 1.29 is 18.4 Å². The van der Waals surface area contributed by atoms with E-state index in [4.69, 9.17) is 15.7 Å². The molecule has 0 aliphatic carbocycles. The highest BCUT2D eigenvalue weighted by Crippen LogP contribution is 2.32. The van der Waals surface area contributed by atoms with E-state index in [1.807, 2.05) is 6.92 Å². The van der Waals surface area contributed by atoms with E-state index in [0.717, 1.165) is 0 Å². The van der Waals surface area contributed by atoms with Gasteiger partial charge in [0.1, 0.15) is 5.84 Å². The molecule has 0 aromatic carbocycles. The van der Waals surface area contributed by atoms with E-state index in [0.29, 0.717) is 39.0 Å². The molecule has 1 rings (SSSR count). The smallest absolute Gasteiger partial charge is 0.214 e. The number of ether oxygens (including phenoxy) is 1. The molecule has 1 aliphatic heterocycles. The Morgan fingerprint density at radius 2 is 2.05 bits per heavy atom. The number of nitrogens with zero attached hydrogens (tertiary/aromatic N) is 2. The SMILES string of the molecule is COCCCS(=O)(=O)N1CCC(C)(C(N)=NO)CC1. The van der Waals surface area contributed by atoms with Crippen molar-refractivity contribution in [2.45, 2.75) is 26.2 Å². The Hall–Kier alpha value is -0.860. The summed E-state index contributed by atoms with van der Waals surface area (Å²) in [6, 6.07) is 0. The predicted octanol–water partition coefficient (Wildman–Crippen LogP) is 0.201. The normalized spacial score (nSPS) is 21.5. The zero-order valence-electron chi connectivity index (χ0n) is 11.5. The van der Waals surface area contributed by atoms with E-state index < -0.39 is 15.4 Å². The van der Waals surface area contributed by atoms with Crippen LogP contribution in [0.5, 0.6) is 0 Å². The molecule has 3 N–H and O–H groups in total. The van der Waals surface area contributed by atoms with Gasteiger partial charge in [0.2, 0.25) is 10.0 Å². The Bertz CT molecular complexity index is 414. The minimum Gasteiger partial charge on any atom is -0.409 e. The molecule has 0 spiro atoms. The highest BCUT2D eigenvalue weighted by molar-refractivity contribution is 7.89. The highest BCUT2D eigenvalue weighted by Gasteiger charge is 2.37. The van der Waals surface area contributed by atoms with Crippen LogP contribution in [-0.4, -0.2) is 56.3 Å². The van der Waals surface area contributed by atoms with Gasteiger partial charge in [-0.25, -0.2) is 12.7 Å². The van der Waals surface area contributed by atoms with Crippen LogP contribution >= 0.6 is 0 Å². The lowest BCUT2D eigenvalue weighted by atomic mass is 9.80. The van der Waals surface area contributed by atoms with Crippen molar-refractivity contribution in [1.82, 2.24) is 4.31 Å². The monoisotopic (exact) mass is 293 g/mol. The summed E-state index contributed by atoms with van der Waals surface area (Å²) in [5.41, 5.74) is 5.23. The van der Waals surface area contributed by atoms with Crippen molar-refractivity contribution in [3.63, 3.8) is 0 Å². The second kappa shape index (κ2) is 6.53. The summed E-state index contributed by atoms with van der Waals surface area (Å²) in [6.45, 7) is 3.13. The number of nitrogens with two attached hydrogens (primary N) is 1. The van der Waals surface area contributed by atoms with Crippen LogP contribution < -0.4 is 5.73 Å². The van der Waals surface area contributed by atoms with E-state index >= 15 is 0 Å². The van der Waals surface area contributed by atoms with Gasteiger partial charge in [-0.2, -0.15) is 0 Å². The minimum absolute atomic E-state index is 0.0983. The molecule has 1 saturated heterocycles. The largest absolute Gasteiger partial charge is 0.409 e. The summed E-state index contributed by atoms with van der Waals surface area (Å²) in [6.07, 6.45) is 1.62. The lowest BCUT2D eigenvalue weighted by Gasteiger charge is -2.37. The fourth-order valence-corrected chi connectivity index (χ4v) is 3.63. The van der Waals surface area contributed by atoms with Gasteiger partial charge in [0, 0.05) is 32.2 Å². The minimum atomic E-state index is -3.23. The first kappa shape index (κ1) is 16.2. The molecule has 0 aromatic rings. The molecule has 0 amide bonds. The van der Waals surface area contributed by atoms with E-state index in [2.05, 4.69) is 5.16 Å². The van der Waals surface area contributed by atoms with E-state index in [-0.39, 0.29) is 11.6 Å². The first-order chi connectivity index (χ1) is 8.85. The zero-order chi connectivity index (χ0) is 14.5. The maximum Gasteiger partial charge on any atom is 0.214 e. The van der Waals surface area contributed by atoms with Crippen molar-refractivity contribution in [3.8, 4) is 0 Å². The van der Waals surface area contributed by atoms with Crippen LogP contribution in [0, 0.1) is 5.41 Å². The van der Waals surface area contributed by atoms with Gasteiger partial charge in [0.15, 0.2) is 0 Å². The van der Waals surface area contributed by atoms with Gasteiger partial charge in [0.05, 0.1) is 5.75 Å². The number of sulfonamides is 1. The number of amidine groups is 1. The molecule has 8 heteroatoms. The van der Waals surface area contributed by atoms with Gasteiger partial charge >= 0.3 is 0 Å². The molecule has 19 heavy (non-hydrogen) atoms. The molecule has 7 nitrogen and oxygen atoms in total. The van der Waals surface area contributed by atoms with Gasteiger partial charge in [-0.05, 0) is 19.3 Å². The number of rotatable bonds is 6. The first-order valence-corrected chi connectivity index (χ1v) is 7.91. The molecular weight excluding hydrogens is 270 g/mol. The number of hydrogen-bond donors (Lipinski definition) is 2. The fourth-order valence-electron chi connectivity index (χ4n) is 2.15. The lowest BCUT2D eigenvalue weighted by molar-refractivity contribution is 0.198. The standard InChI is InChI=1S/C11H23N3O4S/c1-11(10(12)13-15)4-6-14(7-5-11)19(16,17)9-3-8-18-2/h15H,3-9H2,1-2H3,(H2,12,13). The summed E-state index contributed by atoms with van der Waals surface area (Å²) < 4.78 is 30.5. The quantitative estimate of drug-likeness (QED) is 0.239. The Kier molecular flexibility index (Phi) is 5.57. The van der Waals surface area contributed by atoms with Crippen molar-refractivity contribution >= 4 is 15.9 Å². The summed E-state index contributed by atoms with van der Waals surface area (Å²) in [4.78, 5) is 0. The number of methoxy groups -OCH3 is 1. The molecule has 1 fully saturated rings. The van der Waals surface area contributed by atoms with Gasteiger partial charge in [0.25, 0.3) is 0 Å². The van der Waals surface area contributed by atoms with Crippen LogP contribution in [0.25, 0.3) is 0 Å². The Morgan fingerprint density at radius 3 is 2.53 bits per heavy atom. The Balaban J connectivity index is 2.58. The van der Waals surface area contributed by atoms with Crippen LogP contribution in [0.15, 0.2) is 5.16 Å². The number of hydrogen-bond acceptors (Lipinski definition) is 5. The summed E-state index contributed by atoms with van der Waals surface area (Å²) >= 11 is 0. The Labute approximate surface area is 114 Å². The number of piperidine rings is 1. The first-order valence-electron chi connectivity index (χ1n) is 6.30. The topological polar surface area (TPSA) is 105 Å². The maximum atomic E-state index is 12.1. The molecular formula is C11H23N3O4S. The summed E-state index contributed by atoms with van der Waals surface area (Å²) in [5, 5.41) is 11.8. The third kappa shape index (κ3) is 4.05. The zero-order valence-corrected chi connectivity index (χ0v) is 12.3. The molecule has 0 unspecified atom stereocenters. The third-order valence-corrected chi connectivity index (χ3v) is 5.65. The van der Waals surface area contributed by atoms with Crippen LogP contribution in [0.3, 0.4) is 0 Å². The third-order valence-electron chi connectivity index (χ3n) is 3.70. The number of oxime groups is 1. The molecule has 112 valence electrons. The van der Waals surface area contributed by atoms with Gasteiger partial charge < -0.3 is 15.7 Å². The summed E-state index contributed by atoms with van der Waals surface area (Å²) in [7, 11) is -1.68. The van der Waals surface area contributed by atoms with Gasteiger partial charge in [-0.15, -0.1) is 0 Å². The second-order valence-corrected chi connectivity index (χ2v) is 7.20. The second-order valence-electron chi connectivity index (χ2n) is 5.11. The molecule has 0 aromatic heterocycles. The van der Waals surface area contributed by atoms with E-state index in [1.54, 1.807) is 7.11 Å². The molecule has 0 radical (unpaired) electrons. The molecule has 0 saturated carbocycles. The van der Waals surface area contributed by atoms with Gasteiger partial charge in [-0.1, -0.05) is 12.1 Å². The fraction of sp³-hybridized carbons (Fsp3) is 0.909. The molecule has 0 atom stereocenters. The molecule has 1 aliphatic rings. The van der Waals surface area contributed by atoms with Crippen LogP contribution in [0.2, 0.25) is 0 Å². The van der Waals surface area contributed by atoms with E-state index in [9.17, 15) is 8.42 Å². The molecule has 1 heterocycles. The van der Waals surface area contributed by atoms with Gasteiger partial charge in [-0.3, -0.25) is 0 Å². The van der Waals surface area contributed by atoms with Crippen LogP contribution in [0.4, 0.5) is 0 Å². The maximum absolute atomic E-state index is 12.1. The average Bonchev–Trinajstić information content (AvgIpc) is 2.38. The average molecular weight is 293 g/mol. The van der Waals surface area contributed by atoms with Crippen molar-refractivity contribution in [1.29, 1.82) is 0 Å². The van der Waals surface area contributed by atoms with Crippen LogP contribution in [0.1, 0.15) is 26.2 Å². The lowest BCUT2D eigenvalue weighted by Crippen LogP contribution is -2.47. The van der Waals surface area contributed by atoms with Crippen LogP contribution in [-0.2, 0) is 14.8 Å². The van der Waals surface area contributed by atoms with Crippen molar-refractivity contribution in [3.05, 3.63) is 0 Å². The predicted molar refractivity (Wildman–Crippen MR) is 72.6 cm³/mol. The van der Waals surface area contributed by atoms with Crippen molar-refractivity contribution in [2.75, 3.05) is 32.6 Å². The highest BCUT2D eigenvalue weighted by atomic mass is 32.2. The Morgan fingerprint density at radius 1 is 1.47 bits per heavy atom. The van der Waals surface area contributed by atoms with E-state index in [1.165, 1.54) is 4.31 Å².